The Kier molecular flexibility index (Phi) is 5.24. The lowest BCUT2D eigenvalue weighted by Gasteiger charge is -2.35. The molecule has 1 aliphatic carbocycles. The molecule has 1 amide bonds. The first kappa shape index (κ1) is 21.0. The second-order valence-electron chi connectivity index (χ2n) is 7.77. The van der Waals surface area contributed by atoms with E-state index in [1.54, 1.807) is 0 Å². The zero-order valence-corrected chi connectivity index (χ0v) is 17.2. The predicted octanol–water partition coefficient (Wildman–Crippen LogP) is 4.12. The molecule has 0 saturated heterocycles. The molecule has 10 heteroatoms. The third-order valence-electron chi connectivity index (χ3n) is 5.50. The van der Waals surface area contributed by atoms with E-state index in [0.717, 1.165) is 23.0 Å². The average molecular weight is 433 g/mol. The maximum atomic E-state index is 12.7. The molecular formula is C21H22F3N5O2. The van der Waals surface area contributed by atoms with Crippen LogP contribution in [0.1, 0.15) is 31.2 Å². The molecular weight excluding hydrogens is 411 g/mol. The highest BCUT2D eigenvalue weighted by Crippen LogP contribution is 2.37. The monoisotopic (exact) mass is 433 g/mol. The molecule has 0 aromatic carbocycles. The summed E-state index contributed by atoms with van der Waals surface area (Å²) in [7, 11) is 1.87. The Bertz CT molecular complexity index is 1050. The van der Waals surface area contributed by atoms with Gasteiger partial charge in [0, 0.05) is 25.2 Å². The number of carbonyl (C=O) groups is 1. The summed E-state index contributed by atoms with van der Waals surface area (Å²) >= 11 is 0. The number of carbonyl (C=O) groups excluding carboxylic acids is 1. The van der Waals surface area contributed by atoms with Gasteiger partial charge in [-0.2, -0.15) is 13.2 Å². The van der Waals surface area contributed by atoms with Gasteiger partial charge in [-0.1, -0.05) is 6.07 Å². The third-order valence-corrected chi connectivity index (χ3v) is 5.50. The number of hydrogen-bond donors (Lipinski definition) is 2. The van der Waals surface area contributed by atoms with Crippen LogP contribution < -0.4 is 20.3 Å². The first-order valence-corrected chi connectivity index (χ1v) is 9.82. The summed E-state index contributed by atoms with van der Waals surface area (Å²) < 4.78 is 43.5. The normalized spacial score (nSPS) is 20.5. The second kappa shape index (κ2) is 7.75. The number of nitrogens with one attached hydrogen (secondary N) is 2. The van der Waals surface area contributed by atoms with Gasteiger partial charge in [-0.3, -0.25) is 4.79 Å². The van der Waals surface area contributed by atoms with Crippen LogP contribution in [0, 0.1) is 6.92 Å². The summed E-state index contributed by atoms with van der Waals surface area (Å²) in [5, 5.41) is 6.26. The van der Waals surface area contributed by atoms with Gasteiger partial charge in [-0.05, 0) is 38.3 Å². The van der Waals surface area contributed by atoms with Crippen LogP contribution in [-0.2, 0) is 11.0 Å². The Hall–Kier alpha value is -3.30. The maximum absolute atomic E-state index is 12.7. The number of likely N-dealkylation sites (N-methyl/N-ethyl adjacent to an activating group) is 1. The highest BCUT2D eigenvalue weighted by atomic mass is 19.4. The molecule has 0 spiro atoms. The molecule has 2 aromatic rings. The third kappa shape index (κ3) is 4.28. The first-order chi connectivity index (χ1) is 14.6. The number of nitrogens with zero attached hydrogens (tertiary/aromatic N) is 3. The quantitative estimate of drug-likeness (QED) is 0.707. The van der Waals surface area contributed by atoms with E-state index in [1.807, 2.05) is 31.9 Å². The van der Waals surface area contributed by atoms with Crippen LogP contribution >= 0.6 is 0 Å². The van der Waals surface area contributed by atoms with Crippen molar-refractivity contribution in [1.29, 1.82) is 0 Å². The van der Waals surface area contributed by atoms with Crippen LogP contribution in [0.5, 0.6) is 5.88 Å². The van der Waals surface area contributed by atoms with Gasteiger partial charge in [-0.15, -0.1) is 0 Å². The van der Waals surface area contributed by atoms with Crippen molar-refractivity contribution in [3.05, 3.63) is 47.5 Å². The van der Waals surface area contributed by atoms with Gasteiger partial charge in [0.25, 0.3) is 0 Å². The van der Waals surface area contributed by atoms with Crippen LogP contribution in [-0.4, -0.2) is 35.0 Å². The van der Waals surface area contributed by atoms with Crippen molar-refractivity contribution in [2.75, 3.05) is 22.6 Å². The molecule has 1 fully saturated rings. The van der Waals surface area contributed by atoms with Crippen molar-refractivity contribution in [2.45, 2.75) is 44.9 Å². The van der Waals surface area contributed by atoms with Gasteiger partial charge in [0.2, 0.25) is 11.8 Å². The first-order valence-electron chi connectivity index (χ1n) is 9.82. The zero-order valence-electron chi connectivity index (χ0n) is 17.2. The van der Waals surface area contributed by atoms with E-state index in [1.165, 1.54) is 18.4 Å². The van der Waals surface area contributed by atoms with Gasteiger partial charge < -0.3 is 20.3 Å². The van der Waals surface area contributed by atoms with E-state index in [-0.39, 0.29) is 23.9 Å². The van der Waals surface area contributed by atoms with E-state index in [4.69, 9.17) is 4.74 Å². The molecule has 2 N–H and O–H groups in total. The van der Waals surface area contributed by atoms with Crippen LogP contribution in [0.25, 0.3) is 0 Å². The highest BCUT2D eigenvalue weighted by Gasteiger charge is 2.33. The van der Waals surface area contributed by atoms with Gasteiger partial charge in [-0.25, -0.2) is 9.97 Å². The minimum atomic E-state index is -4.51. The van der Waals surface area contributed by atoms with Gasteiger partial charge in [0.05, 0.1) is 23.3 Å². The summed E-state index contributed by atoms with van der Waals surface area (Å²) in [4.78, 5) is 22.0. The van der Waals surface area contributed by atoms with Crippen LogP contribution in [0.3, 0.4) is 0 Å². The molecule has 1 saturated carbocycles. The summed E-state index contributed by atoms with van der Waals surface area (Å²) in [6, 6.07) is 5.32. The fourth-order valence-electron chi connectivity index (χ4n) is 3.54. The molecule has 0 radical (unpaired) electrons. The summed E-state index contributed by atoms with van der Waals surface area (Å²) in [5.41, 5.74) is 2.31. The molecule has 0 bridgehead atoms. The Morgan fingerprint density at radius 2 is 2.03 bits per heavy atom. The van der Waals surface area contributed by atoms with Crippen LogP contribution in [0.15, 0.2) is 36.1 Å². The number of halogens is 3. The number of fused-ring (bicyclic) bond motifs is 1. The lowest BCUT2D eigenvalue weighted by molar-refractivity contribution is -0.141. The van der Waals surface area contributed by atoms with E-state index in [9.17, 15) is 18.0 Å². The minimum Gasteiger partial charge on any atom is -0.447 e. The van der Waals surface area contributed by atoms with Crippen molar-refractivity contribution in [2.24, 2.45) is 0 Å². The van der Waals surface area contributed by atoms with Gasteiger partial charge in [0.15, 0.2) is 0 Å². The standard InChI is InChI=1S/C21H22F3N5O2/c1-11-19-15(29(3)12(2)20(30)28-19)9-17(25-11)26-14-7-13(8-14)10-31-18-6-4-5-16(27-18)21(22,23)24/h4-6,9-10,12,14H,7-8H2,1-3H3,(H,25,26)(H,28,30)/t12-,14?/m0/s1. The molecule has 3 heterocycles. The van der Waals surface area contributed by atoms with Crippen LogP contribution in [0.2, 0.25) is 0 Å². The summed E-state index contributed by atoms with van der Waals surface area (Å²) in [6.07, 6.45) is -1.69. The van der Waals surface area contributed by atoms with Gasteiger partial charge in [0.1, 0.15) is 17.6 Å². The van der Waals surface area contributed by atoms with Gasteiger partial charge >= 0.3 is 6.18 Å². The number of alkyl halides is 3. The number of ether oxygens (including phenoxy) is 1. The molecule has 1 aliphatic heterocycles. The van der Waals surface area contributed by atoms with Crippen molar-refractivity contribution in [3.63, 3.8) is 0 Å². The fraction of sp³-hybridized carbons (Fsp3) is 0.381. The Morgan fingerprint density at radius 1 is 1.29 bits per heavy atom. The number of aryl methyl sites for hydroxylation is 1. The van der Waals surface area contributed by atoms with Crippen molar-refractivity contribution in [1.82, 2.24) is 9.97 Å². The van der Waals surface area contributed by atoms with Crippen LogP contribution in [0.4, 0.5) is 30.4 Å². The van der Waals surface area contributed by atoms with E-state index < -0.39 is 11.9 Å². The maximum Gasteiger partial charge on any atom is 0.433 e. The molecule has 2 aliphatic rings. The number of amides is 1. The smallest absolute Gasteiger partial charge is 0.433 e. The molecule has 0 unspecified atom stereocenters. The minimum absolute atomic E-state index is 0.0651. The molecule has 1 atom stereocenters. The second-order valence-corrected chi connectivity index (χ2v) is 7.77. The number of rotatable bonds is 4. The molecule has 4 rings (SSSR count). The molecule has 31 heavy (non-hydrogen) atoms. The molecule has 164 valence electrons. The van der Waals surface area contributed by atoms with Crippen molar-refractivity contribution in [3.8, 4) is 5.88 Å². The topological polar surface area (TPSA) is 79.4 Å². The molecule has 2 aromatic heterocycles. The Balaban J connectivity index is 1.38. The van der Waals surface area contributed by atoms with Crippen molar-refractivity contribution < 1.29 is 22.7 Å². The fourth-order valence-corrected chi connectivity index (χ4v) is 3.54. The SMILES string of the molecule is Cc1nc(NC2CC(=COc3cccc(C(F)(F)F)n3)C2)cc2c1NC(=O)[C@H](C)N2C. The lowest BCUT2D eigenvalue weighted by Crippen LogP contribution is -2.44. The number of aromatic nitrogens is 2. The highest BCUT2D eigenvalue weighted by molar-refractivity contribution is 6.04. The summed E-state index contributed by atoms with van der Waals surface area (Å²) in [6.45, 7) is 3.68. The number of anilines is 3. The van der Waals surface area contributed by atoms with E-state index in [2.05, 4.69) is 20.6 Å². The largest absolute Gasteiger partial charge is 0.447 e. The number of hydrogen-bond acceptors (Lipinski definition) is 6. The number of pyridine rings is 2. The Morgan fingerprint density at radius 3 is 2.74 bits per heavy atom. The van der Waals surface area contributed by atoms with E-state index >= 15 is 0 Å². The predicted molar refractivity (Wildman–Crippen MR) is 110 cm³/mol. The molecule has 7 nitrogen and oxygen atoms in total. The Labute approximate surface area is 177 Å². The average Bonchev–Trinajstić information content (AvgIpc) is 2.68. The summed E-state index contributed by atoms with van der Waals surface area (Å²) in [5.74, 6) is 0.547. The zero-order chi connectivity index (χ0) is 22.3. The van der Waals surface area contributed by atoms with Crippen molar-refractivity contribution >= 4 is 23.1 Å². The lowest BCUT2D eigenvalue weighted by atomic mass is 9.87. The van der Waals surface area contributed by atoms with E-state index in [0.29, 0.717) is 24.3 Å².